The molecule has 0 saturated carbocycles. The van der Waals surface area contributed by atoms with E-state index in [-0.39, 0.29) is 11.8 Å². The minimum atomic E-state index is -0.252. The maximum Gasteiger partial charge on any atom is 0.286 e. The zero-order valence-electron chi connectivity index (χ0n) is 15.8. The Morgan fingerprint density at radius 3 is 2.24 bits per heavy atom. The van der Waals surface area contributed by atoms with Crippen molar-refractivity contribution in [3.63, 3.8) is 0 Å². The average molecular weight is 407 g/mol. The molecule has 3 aromatic rings. The smallest absolute Gasteiger partial charge is 0.286 e. The van der Waals surface area contributed by atoms with E-state index in [0.717, 1.165) is 29.3 Å². The number of hydrogen-bond donors (Lipinski definition) is 1. The van der Waals surface area contributed by atoms with E-state index >= 15 is 0 Å². The molecule has 2 amide bonds. The quantitative estimate of drug-likeness (QED) is 0.704. The Labute approximate surface area is 173 Å². The first-order valence-corrected chi connectivity index (χ1v) is 10.3. The minimum Gasteiger partial charge on any atom is -0.336 e. The zero-order chi connectivity index (χ0) is 20.1. The second-order valence-corrected chi connectivity index (χ2v) is 7.82. The number of benzene rings is 2. The molecule has 0 bridgehead atoms. The summed E-state index contributed by atoms with van der Waals surface area (Å²) in [7, 11) is 0. The van der Waals surface area contributed by atoms with Crippen molar-refractivity contribution in [2.45, 2.75) is 6.54 Å². The number of carbonyl (C=O) groups is 2. The lowest BCUT2D eigenvalue weighted by atomic mass is 10.2. The Balaban J connectivity index is 1.29. The van der Waals surface area contributed by atoms with Crippen molar-refractivity contribution in [1.29, 1.82) is 0 Å². The molecule has 0 aliphatic carbocycles. The molecular formula is C21H21N5O2S. The number of nitrogens with zero attached hydrogens (tertiary/aromatic N) is 4. The number of amides is 2. The summed E-state index contributed by atoms with van der Waals surface area (Å²) < 4.78 is 0. The molecule has 2 aromatic carbocycles. The van der Waals surface area contributed by atoms with Crippen LogP contribution in [-0.4, -0.2) is 58.0 Å². The van der Waals surface area contributed by atoms with E-state index in [9.17, 15) is 9.59 Å². The zero-order valence-corrected chi connectivity index (χ0v) is 16.6. The lowest BCUT2D eigenvalue weighted by molar-refractivity contribution is 0.0628. The third kappa shape index (κ3) is 4.85. The van der Waals surface area contributed by atoms with Crippen molar-refractivity contribution in [2.75, 3.05) is 31.5 Å². The van der Waals surface area contributed by atoms with Gasteiger partial charge in [-0.2, -0.15) is 0 Å². The summed E-state index contributed by atoms with van der Waals surface area (Å²) in [6.07, 6.45) is 0. The highest BCUT2D eigenvalue weighted by molar-refractivity contribution is 7.13. The van der Waals surface area contributed by atoms with Gasteiger partial charge in [0.15, 0.2) is 0 Å². The number of anilines is 1. The third-order valence-electron chi connectivity index (χ3n) is 4.73. The van der Waals surface area contributed by atoms with Crippen molar-refractivity contribution in [3.05, 3.63) is 76.2 Å². The van der Waals surface area contributed by atoms with Crippen molar-refractivity contribution in [2.24, 2.45) is 0 Å². The largest absolute Gasteiger partial charge is 0.336 e. The van der Waals surface area contributed by atoms with Crippen molar-refractivity contribution in [3.8, 4) is 0 Å². The monoisotopic (exact) mass is 407 g/mol. The summed E-state index contributed by atoms with van der Waals surface area (Å²) in [5, 5.41) is 12.2. The lowest BCUT2D eigenvalue weighted by Gasteiger charge is -2.34. The Bertz CT molecular complexity index is 969. The van der Waals surface area contributed by atoms with Gasteiger partial charge in [0.25, 0.3) is 11.8 Å². The van der Waals surface area contributed by atoms with Gasteiger partial charge in [0.1, 0.15) is 5.01 Å². The molecule has 0 atom stereocenters. The van der Waals surface area contributed by atoms with E-state index in [0.29, 0.717) is 24.6 Å². The van der Waals surface area contributed by atoms with E-state index in [2.05, 4.69) is 20.4 Å². The van der Waals surface area contributed by atoms with Crippen molar-refractivity contribution >= 4 is 28.8 Å². The second-order valence-electron chi connectivity index (χ2n) is 6.76. The van der Waals surface area contributed by atoms with Gasteiger partial charge in [-0.15, -0.1) is 10.2 Å². The third-order valence-corrected chi connectivity index (χ3v) is 5.64. The molecule has 0 unspecified atom stereocenters. The second kappa shape index (κ2) is 8.93. The topological polar surface area (TPSA) is 78.4 Å². The molecule has 1 N–H and O–H groups in total. The van der Waals surface area contributed by atoms with Gasteiger partial charge in [-0.25, -0.2) is 0 Å². The minimum absolute atomic E-state index is 0.0704. The molecular weight excluding hydrogens is 386 g/mol. The highest BCUT2D eigenvalue weighted by Gasteiger charge is 2.23. The summed E-state index contributed by atoms with van der Waals surface area (Å²) in [4.78, 5) is 29.0. The molecule has 4 rings (SSSR count). The summed E-state index contributed by atoms with van der Waals surface area (Å²) in [6.45, 7) is 3.51. The molecule has 1 fully saturated rings. The lowest BCUT2D eigenvalue weighted by Crippen LogP contribution is -2.48. The van der Waals surface area contributed by atoms with Crippen LogP contribution in [0.5, 0.6) is 0 Å². The Morgan fingerprint density at radius 2 is 1.55 bits per heavy atom. The fourth-order valence-electron chi connectivity index (χ4n) is 3.18. The predicted octanol–water partition coefficient (Wildman–Crippen LogP) is 2.75. The van der Waals surface area contributed by atoms with Gasteiger partial charge in [-0.05, 0) is 24.3 Å². The van der Waals surface area contributed by atoms with Gasteiger partial charge in [0.05, 0.1) is 6.54 Å². The molecule has 8 heteroatoms. The first kappa shape index (κ1) is 19.2. The molecule has 2 heterocycles. The van der Waals surface area contributed by atoms with Gasteiger partial charge in [0.2, 0.25) is 5.01 Å². The fourth-order valence-corrected chi connectivity index (χ4v) is 3.96. The van der Waals surface area contributed by atoms with Crippen LogP contribution >= 0.6 is 11.3 Å². The standard InChI is InChI=1S/C21H21N5O2S/c27-19(22-17-9-5-2-6-10-17)20-24-23-18(29-20)15-25-11-13-26(14-12-25)21(28)16-7-3-1-4-8-16/h1-10H,11-15H2,(H,22,27). The van der Waals surface area contributed by atoms with Crippen LogP contribution in [0, 0.1) is 0 Å². The Hall–Kier alpha value is -3.10. The SMILES string of the molecule is O=C(Nc1ccccc1)c1nnc(CN2CCN(C(=O)c3ccccc3)CC2)s1. The van der Waals surface area contributed by atoms with E-state index < -0.39 is 0 Å². The van der Waals surface area contributed by atoms with E-state index in [4.69, 9.17) is 0 Å². The molecule has 1 saturated heterocycles. The van der Waals surface area contributed by atoms with E-state index in [1.54, 1.807) is 0 Å². The van der Waals surface area contributed by atoms with E-state index in [1.165, 1.54) is 11.3 Å². The van der Waals surface area contributed by atoms with Crippen LogP contribution in [0.4, 0.5) is 5.69 Å². The average Bonchev–Trinajstić information content (AvgIpc) is 3.24. The number of hydrogen-bond acceptors (Lipinski definition) is 6. The molecule has 29 heavy (non-hydrogen) atoms. The van der Waals surface area contributed by atoms with Gasteiger partial charge in [0, 0.05) is 37.4 Å². The predicted molar refractivity (Wildman–Crippen MR) is 112 cm³/mol. The summed E-state index contributed by atoms with van der Waals surface area (Å²) in [6, 6.07) is 18.6. The van der Waals surface area contributed by atoms with Crippen LogP contribution in [0.2, 0.25) is 0 Å². The Kier molecular flexibility index (Phi) is 5.92. The van der Waals surface area contributed by atoms with Crippen LogP contribution in [0.15, 0.2) is 60.7 Å². The number of piperazine rings is 1. The van der Waals surface area contributed by atoms with Crippen LogP contribution < -0.4 is 5.32 Å². The highest BCUT2D eigenvalue weighted by atomic mass is 32.1. The molecule has 0 spiro atoms. The molecule has 1 aromatic heterocycles. The number of carbonyl (C=O) groups excluding carboxylic acids is 2. The summed E-state index contributed by atoms with van der Waals surface area (Å²) in [5.41, 5.74) is 1.45. The number of rotatable bonds is 5. The maximum absolute atomic E-state index is 12.5. The molecule has 1 aliphatic heterocycles. The Morgan fingerprint density at radius 1 is 0.897 bits per heavy atom. The van der Waals surface area contributed by atoms with Crippen molar-refractivity contribution in [1.82, 2.24) is 20.0 Å². The first-order chi connectivity index (χ1) is 14.2. The van der Waals surface area contributed by atoms with Gasteiger partial charge >= 0.3 is 0 Å². The fraction of sp³-hybridized carbons (Fsp3) is 0.238. The van der Waals surface area contributed by atoms with Gasteiger partial charge < -0.3 is 10.2 Å². The molecule has 1 aliphatic rings. The summed E-state index contributed by atoms with van der Waals surface area (Å²) >= 11 is 1.30. The van der Waals surface area contributed by atoms with Gasteiger partial charge in [-0.3, -0.25) is 14.5 Å². The highest BCUT2D eigenvalue weighted by Crippen LogP contribution is 2.16. The van der Waals surface area contributed by atoms with Crippen LogP contribution in [0.25, 0.3) is 0 Å². The first-order valence-electron chi connectivity index (χ1n) is 9.44. The van der Waals surface area contributed by atoms with Crippen molar-refractivity contribution < 1.29 is 9.59 Å². The van der Waals surface area contributed by atoms with Crippen LogP contribution in [0.3, 0.4) is 0 Å². The molecule has 148 valence electrons. The number of aromatic nitrogens is 2. The van der Waals surface area contributed by atoms with Crippen LogP contribution in [-0.2, 0) is 6.54 Å². The maximum atomic E-state index is 12.5. The molecule has 7 nitrogen and oxygen atoms in total. The summed E-state index contributed by atoms with van der Waals surface area (Å²) in [5.74, 6) is -0.181. The normalized spacial score (nSPS) is 14.6. The van der Waals surface area contributed by atoms with Crippen LogP contribution in [0.1, 0.15) is 25.2 Å². The van der Waals surface area contributed by atoms with Gasteiger partial charge in [-0.1, -0.05) is 47.7 Å². The molecule has 0 radical (unpaired) electrons. The van der Waals surface area contributed by atoms with E-state index in [1.807, 2.05) is 65.6 Å². The number of para-hydroxylation sites is 1. The number of nitrogens with one attached hydrogen (secondary N) is 1.